The second kappa shape index (κ2) is 13.4. The van der Waals surface area contributed by atoms with Gasteiger partial charge in [-0.3, -0.25) is 9.97 Å². The molecule has 2 N–H and O–H groups in total. The van der Waals surface area contributed by atoms with Crippen LogP contribution in [0.1, 0.15) is 54.4 Å². The highest BCUT2D eigenvalue weighted by Gasteiger charge is 2.45. The summed E-state index contributed by atoms with van der Waals surface area (Å²) in [7, 11) is 0. The number of carboxylic acid groups (broad SMARTS) is 2. The molecule has 8 heteroatoms. The van der Waals surface area contributed by atoms with E-state index in [1.165, 1.54) is 34.6 Å². The maximum absolute atomic E-state index is 11.1. The Hall–Kier alpha value is -6.28. The number of nitrogens with zero attached hydrogens (tertiary/aromatic N) is 2. The van der Waals surface area contributed by atoms with Crippen molar-refractivity contribution in [2.45, 2.75) is 18.3 Å². The van der Waals surface area contributed by atoms with Crippen molar-refractivity contribution in [2.75, 3.05) is 13.2 Å². The first-order valence-corrected chi connectivity index (χ1v) is 16.0. The van der Waals surface area contributed by atoms with Crippen molar-refractivity contribution in [1.29, 1.82) is 0 Å². The molecule has 4 aromatic carbocycles. The first-order valence-electron chi connectivity index (χ1n) is 16.0. The minimum atomic E-state index is -0.998. The molecule has 8 nitrogen and oxygen atoms in total. The Labute approximate surface area is 283 Å². The van der Waals surface area contributed by atoms with Gasteiger partial charge in [-0.05, 0) is 81.9 Å². The molecule has 0 atom stereocenters. The number of benzene rings is 4. The largest absolute Gasteiger partial charge is 0.493 e. The van der Waals surface area contributed by atoms with Crippen molar-refractivity contribution >= 4 is 11.9 Å². The van der Waals surface area contributed by atoms with Crippen LogP contribution in [-0.2, 0) is 18.3 Å². The van der Waals surface area contributed by atoms with Gasteiger partial charge in [-0.25, -0.2) is 9.59 Å². The summed E-state index contributed by atoms with van der Waals surface area (Å²) >= 11 is 0. The Bertz CT molecular complexity index is 1950. The van der Waals surface area contributed by atoms with Gasteiger partial charge in [0.05, 0.1) is 29.8 Å². The average molecular weight is 649 g/mol. The van der Waals surface area contributed by atoms with E-state index in [2.05, 4.69) is 82.8 Å². The Morgan fingerprint density at radius 2 is 0.939 bits per heavy atom. The molecule has 0 saturated carbocycles. The normalized spacial score (nSPS) is 12.5. The summed E-state index contributed by atoms with van der Waals surface area (Å²) in [5, 5.41) is 18.2. The van der Waals surface area contributed by atoms with Crippen molar-refractivity contribution < 1.29 is 29.3 Å². The lowest BCUT2D eigenvalue weighted by molar-refractivity contribution is 0.0685. The molecule has 2 aromatic heterocycles. The van der Waals surface area contributed by atoms with Crippen LogP contribution in [0.15, 0.2) is 134 Å². The number of aromatic carboxylic acids is 2. The van der Waals surface area contributed by atoms with Crippen LogP contribution in [0, 0.1) is 0 Å². The first-order chi connectivity index (χ1) is 23.9. The van der Waals surface area contributed by atoms with Crippen molar-refractivity contribution in [3.05, 3.63) is 178 Å². The van der Waals surface area contributed by atoms with Gasteiger partial charge in [0.25, 0.3) is 0 Å². The van der Waals surface area contributed by atoms with Crippen molar-refractivity contribution in [1.82, 2.24) is 9.97 Å². The second-order valence-electron chi connectivity index (χ2n) is 11.8. The van der Waals surface area contributed by atoms with Crippen LogP contribution in [0.5, 0.6) is 11.5 Å². The van der Waals surface area contributed by atoms with Gasteiger partial charge in [0, 0.05) is 36.6 Å². The molecule has 0 saturated heterocycles. The van der Waals surface area contributed by atoms with E-state index < -0.39 is 17.4 Å². The number of hydrogen-bond acceptors (Lipinski definition) is 6. The molecule has 7 rings (SSSR count). The van der Waals surface area contributed by atoms with Gasteiger partial charge in [0.2, 0.25) is 0 Å². The monoisotopic (exact) mass is 648 g/mol. The van der Waals surface area contributed by atoms with Crippen LogP contribution in [0.25, 0.3) is 11.1 Å². The highest BCUT2D eigenvalue weighted by molar-refractivity contribution is 5.88. The van der Waals surface area contributed by atoms with Gasteiger partial charge < -0.3 is 19.7 Å². The summed E-state index contributed by atoms with van der Waals surface area (Å²) in [5.74, 6) is -0.531. The summed E-state index contributed by atoms with van der Waals surface area (Å²) in [6, 6.07) is 40.1. The molecule has 0 amide bonds. The van der Waals surface area contributed by atoms with Crippen LogP contribution in [0.3, 0.4) is 0 Å². The Morgan fingerprint density at radius 1 is 0.531 bits per heavy atom. The Kier molecular flexibility index (Phi) is 8.60. The molecule has 0 aliphatic heterocycles. The number of fused-ring (bicyclic) bond motifs is 3. The van der Waals surface area contributed by atoms with Crippen molar-refractivity contribution in [2.24, 2.45) is 0 Å². The highest BCUT2D eigenvalue weighted by Crippen LogP contribution is 2.56. The lowest BCUT2D eigenvalue weighted by Gasteiger charge is -2.34. The molecule has 0 unspecified atom stereocenters. The third kappa shape index (κ3) is 6.12. The number of rotatable bonds is 12. The molecule has 0 spiro atoms. The van der Waals surface area contributed by atoms with Crippen LogP contribution in [0.2, 0.25) is 0 Å². The van der Waals surface area contributed by atoms with E-state index in [9.17, 15) is 9.59 Å². The number of pyridine rings is 2. The summed E-state index contributed by atoms with van der Waals surface area (Å²) < 4.78 is 12.2. The van der Waals surface area contributed by atoms with Gasteiger partial charge in [-0.2, -0.15) is 0 Å². The van der Waals surface area contributed by atoms with Crippen LogP contribution in [0.4, 0.5) is 0 Å². The molecule has 1 aliphatic rings. The number of carboxylic acids is 2. The van der Waals surface area contributed by atoms with E-state index >= 15 is 0 Å². The van der Waals surface area contributed by atoms with E-state index in [1.807, 2.05) is 24.3 Å². The zero-order valence-electron chi connectivity index (χ0n) is 26.5. The van der Waals surface area contributed by atoms with Crippen molar-refractivity contribution in [3.63, 3.8) is 0 Å². The van der Waals surface area contributed by atoms with E-state index in [1.54, 1.807) is 24.3 Å². The minimum Gasteiger partial charge on any atom is -0.493 e. The summed E-state index contributed by atoms with van der Waals surface area (Å²) in [6.45, 7) is 0.807. The fourth-order valence-corrected chi connectivity index (χ4v) is 6.57. The molecule has 2 heterocycles. The van der Waals surface area contributed by atoms with Crippen LogP contribution in [-0.4, -0.2) is 45.3 Å². The van der Waals surface area contributed by atoms with Crippen molar-refractivity contribution in [3.8, 4) is 22.6 Å². The quantitative estimate of drug-likeness (QED) is 0.140. The molecule has 0 bridgehead atoms. The van der Waals surface area contributed by atoms with E-state index in [0.29, 0.717) is 26.1 Å². The molecular weight excluding hydrogens is 616 g/mol. The number of aromatic nitrogens is 2. The smallest absolute Gasteiger partial charge is 0.337 e. The van der Waals surface area contributed by atoms with Gasteiger partial charge in [-0.1, -0.05) is 72.8 Å². The first kappa shape index (κ1) is 31.3. The predicted molar refractivity (Wildman–Crippen MR) is 185 cm³/mol. The predicted octanol–water partition coefficient (Wildman–Crippen LogP) is 7.48. The lowest BCUT2D eigenvalue weighted by Crippen LogP contribution is -2.28. The Balaban J connectivity index is 1.14. The SMILES string of the molecule is O=C(O)c1ccc(CCOc2ccc(C3(c4ccc(OCCc5ccc(C(=O)O)cn5)cc4)c4ccccc4-c4ccccc43)cc2)nc1. The third-order valence-corrected chi connectivity index (χ3v) is 8.92. The van der Waals surface area contributed by atoms with Crippen LogP contribution < -0.4 is 9.47 Å². The molecular formula is C41H32N2O6. The lowest BCUT2D eigenvalue weighted by atomic mass is 9.68. The maximum atomic E-state index is 11.1. The van der Waals surface area contributed by atoms with E-state index in [-0.39, 0.29) is 11.1 Å². The molecule has 49 heavy (non-hydrogen) atoms. The standard InChI is InChI=1S/C41H32N2O6/c44-39(45)27-9-15-31(42-25-27)21-23-48-33-17-11-29(12-18-33)41(37-7-3-1-5-35(37)36-6-2-4-8-38(36)41)30-13-19-34(20-14-30)49-24-22-32-16-10-28(26-43-32)40(46)47/h1-20,25-26H,21-24H2,(H,44,45)(H,46,47). The third-order valence-electron chi connectivity index (χ3n) is 8.92. The molecule has 242 valence electrons. The summed E-state index contributed by atoms with van der Waals surface area (Å²) in [6.07, 6.45) is 3.83. The highest BCUT2D eigenvalue weighted by atomic mass is 16.5. The molecule has 0 fully saturated rings. The van der Waals surface area contributed by atoms with Crippen LogP contribution >= 0.6 is 0 Å². The average Bonchev–Trinajstić information content (AvgIpc) is 3.44. The maximum Gasteiger partial charge on any atom is 0.337 e. The van der Waals surface area contributed by atoms with E-state index in [4.69, 9.17) is 19.7 Å². The zero-order valence-corrected chi connectivity index (χ0v) is 26.5. The van der Waals surface area contributed by atoms with Gasteiger partial charge in [0.1, 0.15) is 11.5 Å². The van der Waals surface area contributed by atoms with Gasteiger partial charge >= 0.3 is 11.9 Å². The molecule has 0 radical (unpaired) electrons. The topological polar surface area (TPSA) is 119 Å². The summed E-state index contributed by atoms with van der Waals surface area (Å²) in [5.41, 5.74) is 8.27. The molecule has 1 aliphatic carbocycles. The number of ether oxygens (including phenoxy) is 2. The summed E-state index contributed by atoms with van der Waals surface area (Å²) in [4.78, 5) is 30.7. The number of hydrogen-bond donors (Lipinski definition) is 2. The van der Waals surface area contributed by atoms with Gasteiger partial charge in [0.15, 0.2) is 0 Å². The Morgan fingerprint density at radius 3 is 1.31 bits per heavy atom. The van der Waals surface area contributed by atoms with E-state index in [0.717, 1.165) is 34.0 Å². The zero-order chi connectivity index (χ0) is 33.8. The number of carbonyl (C=O) groups is 2. The molecule has 6 aromatic rings. The second-order valence-corrected chi connectivity index (χ2v) is 11.8. The fraction of sp³-hybridized carbons (Fsp3) is 0.122. The fourth-order valence-electron chi connectivity index (χ4n) is 6.57. The minimum absolute atomic E-state index is 0.158. The van der Waals surface area contributed by atoms with Gasteiger partial charge in [-0.15, -0.1) is 0 Å².